The number of rotatable bonds is 7. The van der Waals surface area contributed by atoms with Gasteiger partial charge in [-0.3, -0.25) is 28.6 Å². The van der Waals surface area contributed by atoms with Gasteiger partial charge < -0.3 is 4.74 Å². The lowest BCUT2D eigenvalue weighted by Crippen LogP contribution is -2.50. The van der Waals surface area contributed by atoms with Gasteiger partial charge in [0, 0.05) is 53.8 Å². The molecule has 1 atom stereocenters. The van der Waals surface area contributed by atoms with E-state index in [1.54, 1.807) is 40.3 Å². The monoisotopic (exact) mass is 707 g/mol. The van der Waals surface area contributed by atoms with Crippen LogP contribution in [-0.4, -0.2) is 75.7 Å². The molecule has 2 saturated heterocycles. The molecule has 9 nitrogen and oxygen atoms in total. The second-order valence-electron chi connectivity index (χ2n) is 10.8. The second-order valence-corrected chi connectivity index (χ2v) is 12.7. The molecule has 0 N–H and O–H groups in total. The number of urea groups is 1. The van der Waals surface area contributed by atoms with Crippen molar-refractivity contribution in [1.29, 1.82) is 0 Å². The number of ether oxygens (including phenoxy) is 1. The fourth-order valence-electron chi connectivity index (χ4n) is 5.91. The van der Waals surface area contributed by atoms with Crippen molar-refractivity contribution in [2.45, 2.75) is 19.3 Å². The number of likely N-dealkylation sites (N-methyl/N-ethyl adjacent to an activating group) is 1. The Morgan fingerprint density at radius 3 is 2.09 bits per heavy atom. The topological polar surface area (TPSA) is 80.0 Å². The maximum Gasteiger partial charge on any atom is 0.329 e. The van der Waals surface area contributed by atoms with Gasteiger partial charge in [0.25, 0.3) is 0 Å². The SMILES string of the molecule is CN1C(=O)N(Cc2ccc(Br)cc2)C(N2CCOCC2)/C1=C\c1cc(C=O)cc2c1n(Cc1ccc(Br)cc1)c(=O)n2C. The van der Waals surface area contributed by atoms with Crippen LogP contribution < -0.4 is 5.69 Å². The van der Waals surface area contributed by atoms with E-state index >= 15 is 0 Å². The number of hydrogen-bond acceptors (Lipinski definition) is 5. The Kier molecular flexibility index (Phi) is 8.41. The Morgan fingerprint density at radius 1 is 0.884 bits per heavy atom. The minimum Gasteiger partial charge on any atom is -0.379 e. The van der Waals surface area contributed by atoms with Gasteiger partial charge in [0.15, 0.2) is 0 Å². The van der Waals surface area contributed by atoms with E-state index in [1.807, 2.05) is 59.5 Å². The number of benzene rings is 3. The Bertz CT molecular complexity index is 1770. The maximum atomic E-state index is 13.8. The van der Waals surface area contributed by atoms with Crippen LogP contribution in [0.1, 0.15) is 27.0 Å². The number of aldehydes is 1. The number of aryl methyl sites for hydroxylation is 1. The summed E-state index contributed by atoms with van der Waals surface area (Å²) < 4.78 is 10.9. The van der Waals surface area contributed by atoms with Gasteiger partial charge in [-0.25, -0.2) is 9.59 Å². The van der Waals surface area contributed by atoms with E-state index in [9.17, 15) is 14.4 Å². The molecule has 4 aromatic rings. The van der Waals surface area contributed by atoms with Crippen LogP contribution in [0, 0.1) is 0 Å². The van der Waals surface area contributed by atoms with Gasteiger partial charge in [-0.1, -0.05) is 56.1 Å². The van der Waals surface area contributed by atoms with Crippen LogP contribution in [0.4, 0.5) is 4.79 Å². The van der Waals surface area contributed by atoms with E-state index in [0.717, 1.165) is 32.1 Å². The highest BCUT2D eigenvalue weighted by molar-refractivity contribution is 9.10. The first-order chi connectivity index (χ1) is 20.7. The third kappa shape index (κ3) is 5.74. The van der Waals surface area contributed by atoms with Crippen molar-refractivity contribution >= 4 is 61.3 Å². The number of aromatic nitrogens is 2. The highest BCUT2D eigenvalue weighted by Crippen LogP contribution is 2.33. The summed E-state index contributed by atoms with van der Waals surface area (Å²) in [5, 5.41) is 0. The number of nitrogens with zero attached hydrogens (tertiary/aromatic N) is 5. The highest BCUT2D eigenvalue weighted by atomic mass is 79.9. The Labute approximate surface area is 266 Å². The van der Waals surface area contributed by atoms with Crippen LogP contribution in [0.3, 0.4) is 0 Å². The summed E-state index contributed by atoms with van der Waals surface area (Å²) in [7, 11) is 3.50. The molecule has 2 fully saturated rings. The predicted molar refractivity (Wildman–Crippen MR) is 173 cm³/mol. The molecular formula is C32H31Br2N5O4. The Balaban J connectivity index is 1.51. The lowest BCUT2D eigenvalue weighted by molar-refractivity contribution is -0.00377. The molecule has 2 amide bonds. The van der Waals surface area contributed by atoms with Crippen molar-refractivity contribution < 1.29 is 14.3 Å². The van der Waals surface area contributed by atoms with Gasteiger partial charge in [0.05, 0.1) is 36.5 Å². The summed E-state index contributed by atoms with van der Waals surface area (Å²) in [4.78, 5) is 45.3. The summed E-state index contributed by atoms with van der Waals surface area (Å²) in [5.41, 5.74) is 5.10. The molecule has 0 spiro atoms. The molecule has 43 heavy (non-hydrogen) atoms. The lowest BCUT2D eigenvalue weighted by atomic mass is 10.1. The summed E-state index contributed by atoms with van der Waals surface area (Å²) in [5.74, 6) is 0. The molecule has 1 unspecified atom stereocenters. The van der Waals surface area contributed by atoms with E-state index in [0.29, 0.717) is 61.6 Å². The average molecular weight is 709 g/mol. The molecule has 6 rings (SSSR count). The van der Waals surface area contributed by atoms with Crippen LogP contribution in [0.25, 0.3) is 17.1 Å². The van der Waals surface area contributed by atoms with Gasteiger partial charge in [-0.2, -0.15) is 0 Å². The van der Waals surface area contributed by atoms with E-state index in [2.05, 4.69) is 36.8 Å². The number of carbonyl (C=O) groups excluding carboxylic acids is 2. The third-order valence-corrected chi connectivity index (χ3v) is 9.18. The molecular weight excluding hydrogens is 678 g/mol. The molecule has 0 radical (unpaired) electrons. The van der Waals surface area contributed by atoms with Crippen LogP contribution in [0.5, 0.6) is 0 Å². The lowest BCUT2D eigenvalue weighted by Gasteiger charge is -2.36. The van der Waals surface area contributed by atoms with Gasteiger partial charge >= 0.3 is 11.7 Å². The highest BCUT2D eigenvalue weighted by Gasteiger charge is 2.43. The van der Waals surface area contributed by atoms with E-state index in [-0.39, 0.29) is 17.9 Å². The quantitative estimate of drug-likeness (QED) is 0.244. The van der Waals surface area contributed by atoms with Crippen LogP contribution in [0.15, 0.2) is 80.1 Å². The number of morpholine rings is 1. The number of carbonyl (C=O) groups is 2. The van der Waals surface area contributed by atoms with Crippen LogP contribution in [0.2, 0.25) is 0 Å². The molecule has 0 aliphatic carbocycles. The normalized spacial score (nSPS) is 18.7. The first-order valence-corrected chi connectivity index (χ1v) is 15.6. The summed E-state index contributed by atoms with van der Waals surface area (Å²) in [6.45, 7) is 3.28. The Morgan fingerprint density at radius 2 is 1.49 bits per heavy atom. The maximum absolute atomic E-state index is 13.8. The van der Waals surface area contributed by atoms with Gasteiger partial charge in [0.1, 0.15) is 12.5 Å². The molecule has 0 saturated carbocycles. The van der Waals surface area contributed by atoms with Crippen molar-refractivity contribution in [3.63, 3.8) is 0 Å². The van der Waals surface area contributed by atoms with Crippen LogP contribution >= 0.6 is 31.9 Å². The zero-order valence-corrected chi connectivity index (χ0v) is 27.0. The number of amides is 2. The number of imidazole rings is 1. The fourth-order valence-corrected chi connectivity index (χ4v) is 6.44. The zero-order chi connectivity index (χ0) is 30.2. The molecule has 2 aliphatic rings. The molecule has 0 bridgehead atoms. The molecule has 3 aromatic carbocycles. The first kappa shape index (κ1) is 29.6. The number of fused-ring (bicyclic) bond motifs is 1. The summed E-state index contributed by atoms with van der Waals surface area (Å²) in [6, 6.07) is 19.2. The average Bonchev–Trinajstić information content (AvgIpc) is 3.39. The predicted octanol–water partition coefficient (Wildman–Crippen LogP) is 5.29. The molecule has 11 heteroatoms. The number of hydrogen-bond donors (Lipinski definition) is 0. The smallest absolute Gasteiger partial charge is 0.329 e. The fraction of sp³-hybridized carbons (Fsp3) is 0.281. The third-order valence-electron chi connectivity index (χ3n) is 8.12. The largest absolute Gasteiger partial charge is 0.379 e. The van der Waals surface area contributed by atoms with E-state index in [1.165, 1.54) is 0 Å². The zero-order valence-electron chi connectivity index (χ0n) is 23.9. The van der Waals surface area contributed by atoms with E-state index in [4.69, 9.17) is 4.74 Å². The number of halogens is 2. The van der Waals surface area contributed by atoms with Gasteiger partial charge in [0.2, 0.25) is 0 Å². The minimum atomic E-state index is -0.352. The minimum absolute atomic E-state index is 0.117. The van der Waals surface area contributed by atoms with Crippen LogP contribution in [-0.2, 0) is 24.9 Å². The second kappa shape index (κ2) is 12.2. The molecule has 2 aliphatic heterocycles. The van der Waals surface area contributed by atoms with E-state index < -0.39 is 0 Å². The summed E-state index contributed by atoms with van der Waals surface area (Å²) >= 11 is 6.98. The molecule has 222 valence electrons. The molecule has 1 aromatic heterocycles. The molecule has 3 heterocycles. The van der Waals surface area contributed by atoms with Crippen molar-refractivity contribution in [1.82, 2.24) is 23.8 Å². The first-order valence-electron chi connectivity index (χ1n) is 14.0. The van der Waals surface area contributed by atoms with Gasteiger partial charge in [-0.15, -0.1) is 0 Å². The van der Waals surface area contributed by atoms with Crippen molar-refractivity contribution in [2.24, 2.45) is 7.05 Å². The Hall–Kier alpha value is -3.51. The van der Waals surface area contributed by atoms with Crippen molar-refractivity contribution in [2.75, 3.05) is 33.4 Å². The van der Waals surface area contributed by atoms with Crippen molar-refractivity contribution in [3.05, 3.63) is 108 Å². The standard InChI is InChI=1S/C32H31Br2N5O4/c1-35-27-16-23(20-40)15-24(29(27)38(31(35)41)18-21-3-7-25(33)8-4-21)17-28-30(37-11-13-43-14-12-37)39(32(42)36(28)2)19-22-5-9-26(34)10-6-22/h3-10,15-17,20,30H,11-14,18-19H2,1-2H3/b28-17+. The van der Waals surface area contributed by atoms with Gasteiger partial charge in [-0.05, 0) is 53.6 Å². The van der Waals surface area contributed by atoms with Crippen molar-refractivity contribution in [3.8, 4) is 0 Å². The summed E-state index contributed by atoms with van der Waals surface area (Å²) in [6.07, 6.45) is 2.41.